The second-order valence-electron chi connectivity index (χ2n) is 5.53. The van der Waals surface area contributed by atoms with Gasteiger partial charge in [-0.05, 0) is 42.3 Å². The summed E-state index contributed by atoms with van der Waals surface area (Å²) < 4.78 is 10.8. The topological polar surface area (TPSA) is 64.6 Å². The van der Waals surface area contributed by atoms with E-state index in [-0.39, 0.29) is 19.1 Å². The number of ether oxygens (including phenoxy) is 2. The van der Waals surface area contributed by atoms with E-state index in [1.54, 1.807) is 12.1 Å². The molecule has 1 N–H and O–H groups in total. The Morgan fingerprint density at radius 2 is 2.08 bits per heavy atom. The molecule has 0 aromatic heterocycles. The fourth-order valence-electron chi connectivity index (χ4n) is 2.44. The molecule has 25 heavy (non-hydrogen) atoms. The number of carbonyl (C=O) groups is 2. The molecule has 5 nitrogen and oxygen atoms in total. The molecule has 130 valence electrons. The van der Waals surface area contributed by atoms with Crippen LogP contribution in [-0.4, -0.2) is 30.8 Å². The van der Waals surface area contributed by atoms with Crippen LogP contribution in [0.3, 0.4) is 0 Å². The van der Waals surface area contributed by atoms with E-state index in [4.69, 9.17) is 9.47 Å². The van der Waals surface area contributed by atoms with Gasteiger partial charge in [-0.25, -0.2) is 4.79 Å². The number of esters is 1. The van der Waals surface area contributed by atoms with Crippen LogP contribution in [0.2, 0.25) is 0 Å². The minimum absolute atomic E-state index is 0.0641. The van der Waals surface area contributed by atoms with Gasteiger partial charge in [0.15, 0.2) is 0 Å². The molecule has 1 amide bonds. The van der Waals surface area contributed by atoms with Crippen molar-refractivity contribution in [3.63, 3.8) is 0 Å². The third kappa shape index (κ3) is 4.54. The van der Waals surface area contributed by atoms with Crippen molar-refractivity contribution >= 4 is 29.3 Å². The van der Waals surface area contributed by atoms with Crippen LogP contribution >= 0.6 is 11.8 Å². The van der Waals surface area contributed by atoms with Gasteiger partial charge in [-0.1, -0.05) is 19.1 Å². The first kappa shape index (κ1) is 17.4. The third-order valence-corrected chi connectivity index (χ3v) is 4.81. The first-order valence-electron chi connectivity index (χ1n) is 8.11. The summed E-state index contributed by atoms with van der Waals surface area (Å²) in [4.78, 5) is 24.5. The maximum atomic E-state index is 12.1. The van der Waals surface area contributed by atoms with Gasteiger partial charge in [0.1, 0.15) is 19.0 Å². The van der Waals surface area contributed by atoms with Gasteiger partial charge < -0.3 is 14.8 Å². The molecule has 1 aliphatic rings. The molecule has 1 heterocycles. The van der Waals surface area contributed by atoms with Gasteiger partial charge >= 0.3 is 5.97 Å². The van der Waals surface area contributed by atoms with Gasteiger partial charge in [0, 0.05) is 4.90 Å². The highest BCUT2D eigenvalue weighted by atomic mass is 32.2. The maximum Gasteiger partial charge on any atom is 0.338 e. The minimum Gasteiger partial charge on any atom is -0.490 e. The summed E-state index contributed by atoms with van der Waals surface area (Å²) in [6.45, 7) is 2.53. The minimum atomic E-state index is -0.432. The van der Waals surface area contributed by atoms with E-state index < -0.39 is 5.97 Å². The van der Waals surface area contributed by atoms with Crippen molar-refractivity contribution in [3.05, 3.63) is 53.6 Å². The second kappa shape index (κ2) is 8.07. The monoisotopic (exact) mass is 357 g/mol. The molecule has 1 aliphatic heterocycles. The van der Waals surface area contributed by atoms with Crippen molar-refractivity contribution in [2.75, 3.05) is 24.3 Å². The highest BCUT2D eigenvalue weighted by Gasteiger charge is 2.17. The summed E-state index contributed by atoms with van der Waals surface area (Å²) in [5, 5.41) is 2.76. The zero-order valence-corrected chi connectivity index (χ0v) is 14.7. The Hall–Kier alpha value is -2.47. The van der Waals surface area contributed by atoms with Gasteiger partial charge in [0.25, 0.3) is 0 Å². The standard InChI is InChI=1S/C19H19NO4S/c1-2-13-4-3-5-15(10-13)23-8-9-24-19(22)14-6-7-17-16(11-14)20-18(21)12-25-17/h3-7,10-11H,2,8-9,12H2,1H3,(H,20,21). The van der Waals surface area contributed by atoms with Crippen molar-refractivity contribution in [2.45, 2.75) is 18.2 Å². The molecule has 0 radical (unpaired) electrons. The molecule has 2 aromatic rings. The molecule has 2 aromatic carbocycles. The first-order chi connectivity index (χ1) is 12.2. The van der Waals surface area contributed by atoms with Crippen LogP contribution in [0.15, 0.2) is 47.4 Å². The Morgan fingerprint density at radius 3 is 2.92 bits per heavy atom. The largest absolute Gasteiger partial charge is 0.490 e. The Labute approximate surface area is 150 Å². The number of anilines is 1. The molecule has 0 unspecified atom stereocenters. The van der Waals surface area contributed by atoms with Crippen LogP contribution in [-0.2, 0) is 16.0 Å². The Kier molecular flexibility index (Phi) is 5.60. The lowest BCUT2D eigenvalue weighted by molar-refractivity contribution is -0.113. The van der Waals surface area contributed by atoms with Crippen molar-refractivity contribution in [1.29, 1.82) is 0 Å². The lowest BCUT2D eigenvalue weighted by Crippen LogP contribution is -2.19. The van der Waals surface area contributed by atoms with Crippen molar-refractivity contribution in [1.82, 2.24) is 0 Å². The maximum absolute atomic E-state index is 12.1. The molecule has 0 spiro atoms. The predicted molar refractivity (Wildman–Crippen MR) is 97.4 cm³/mol. The highest BCUT2D eigenvalue weighted by molar-refractivity contribution is 8.00. The number of hydrogen-bond donors (Lipinski definition) is 1. The number of hydrogen-bond acceptors (Lipinski definition) is 5. The van der Waals surface area contributed by atoms with Crippen molar-refractivity contribution in [3.8, 4) is 5.75 Å². The third-order valence-electron chi connectivity index (χ3n) is 3.74. The van der Waals surface area contributed by atoms with Crippen molar-refractivity contribution < 1.29 is 19.1 Å². The van der Waals surface area contributed by atoms with Crippen molar-refractivity contribution in [2.24, 2.45) is 0 Å². The lowest BCUT2D eigenvalue weighted by atomic mass is 10.2. The van der Waals surface area contributed by atoms with E-state index in [1.807, 2.05) is 30.3 Å². The smallest absolute Gasteiger partial charge is 0.338 e. The zero-order chi connectivity index (χ0) is 17.6. The summed E-state index contributed by atoms with van der Waals surface area (Å²) in [5.41, 5.74) is 2.27. The highest BCUT2D eigenvalue weighted by Crippen LogP contribution is 2.32. The summed E-state index contributed by atoms with van der Waals surface area (Å²) >= 11 is 1.46. The molecular formula is C19H19NO4S. The number of aryl methyl sites for hydroxylation is 1. The lowest BCUT2D eigenvalue weighted by Gasteiger charge is -2.16. The Balaban J connectivity index is 1.51. The van der Waals surface area contributed by atoms with E-state index in [0.717, 1.165) is 17.1 Å². The number of amides is 1. The summed E-state index contributed by atoms with van der Waals surface area (Å²) in [7, 11) is 0. The quantitative estimate of drug-likeness (QED) is 0.633. The van der Waals surface area contributed by atoms with E-state index >= 15 is 0 Å². The summed E-state index contributed by atoms with van der Waals surface area (Å²) in [6.07, 6.45) is 0.944. The molecule has 3 rings (SSSR count). The van der Waals surface area contributed by atoms with Crippen LogP contribution in [0.4, 0.5) is 5.69 Å². The molecule has 6 heteroatoms. The summed E-state index contributed by atoms with van der Waals surface area (Å²) in [5.74, 6) is 0.668. The molecule has 0 fully saturated rings. The molecule has 0 aliphatic carbocycles. The van der Waals surface area contributed by atoms with Gasteiger partial charge in [0.2, 0.25) is 5.91 Å². The van der Waals surface area contributed by atoms with E-state index in [2.05, 4.69) is 12.2 Å². The van der Waals surface area contributed by atoms with Crippen LogP contribution < -0.4 is 10.1 Å². The number of carbonyl (C=O) groups excluding carboxylic acids is 2. The Morgan fingerprint density at radius 1 is 1.20 bits per heavy atom. The van der Waals surface area contributed by atoms with Crippen LogP contribution in [0.5, 0.6) is 5.75 Å². The van der Waals surface area contributed by atoms with Gasteiger partial charge in [-0.2, -0.15) is 0 Å². The number of fused-ring (bicyclic) bond motifs is 1. The zero-order valence-electron chi connectivity index (χ0n) is 13.9. The number of thioether (sulfide) groups is 1. The van der Waals surface area contributed by atoms with Crippen LogP contribution in [0.1, 0.15) is 22.8 Å². The number of rotatable bonds is 6. The number of benzene rings is 2. The normalized spacial score (nSPS) is 12.9. The van der Waals surface area contributed by atoms with Crippen LogP contribution in [0, 0.1) is 0 Å². The average molecular weight is 357 g/mol. The fraction of sp³-hybridized carbons (Fsp3) is 0.263. The van der Waals surface area contributed by atoms with Gasteiger partial charge in [-0.15, -0.1) is 11.8 Å². The predicted octanol–water partition coefficient (Wildman–Crippen LogP) is 3.53. The molecule has 0 atom stereocenters. The average Bonchev–Trinajstić information content (AvgIpc) is 2.64. The fourth-order valence-corrected chi connectivity index (χ4v) is 3.23. The van der Waals surface area contributed by atoms with Gasteiger partial charge in [-0.3, -0.25) is 4.79 Å². The molecule has 0 bridgehead atoms. The van der Waals surface area contributed by atoms with Gasteiger partial charge in [0.05, 0.1) is 17.0 Å². The molecular weight excluding hydrogens is 338 g/mol. The van der Waals surface area contributed by atoms with Crippen LogP contribution in [0.25, 0.3) is 0 Å². The number of nitrogens with one attached hydrogen (secondary N) is 1. The SMILES string of the molecule is CCc1cccc(OCCOC(=O)c2ccc3c(c2)NC(=O)CS3)c1. The molecule has 0 saturated carbocycles. The van der Waals surface area contributed by atoms with E-state index in [1.165, 1.54) is 17.3 Å². The van der Waals surface area contributed by atoms with E-state index in [0.29, 0.717) is 17.0 Å². The second-order valence-corrected chi connectivity index (χ2v) is 6.55. The Bertz CT molecular complexity index is 791. The summed E-state index contributed by atoms with van der Waals surface area (Å²) in [6, 6.07) is 13.0. The van der Waals surface area contributed by atoms with E-state index in [9.17, 15) is 9.59 Å². The first-order valence-corrected chi connectivity index (χ1v) is 9.10. The molecule has 0 saturated heterocycles.